The van der Waals surface area contributed by atoms with Crippen molar-refractivity contribution < 1.29 is 18.0 Å². The van der Waals surface area contributed by atoms with E-state index < -0.39 is 16.1 Å². The Labute approximate surface area is 262 Å². The number of benzene rings is 3. The van der Waals surface area contributed by atoms with Crippen molar-refractivity contribution in [2.24, 2.45) is 5.73 Å². The standard InChI is InChI=1S/C31H31N5O2S.C2H4N2O2/c37-39(38,30-16-6-11-26-12-7-17-33-31(26)30)36-22-21-35(23-27(36)13-8-19-34-20-18-32-24-34)29-15-5-4-14-28(29)25-9-2-1-3-10-25;3-2(6)4-1-5/h1-7,9-12,14-18,20,24,27H,8,13,19,21-23H2;1H,(H3,3,4,5,6). The Morgan fingerprint density at radius 3 is 2.47 bits per heavy atom. The van der Waals surface area contributed by atoms with Crippen molar-refractivity contribution in [1.82, 2.24) is 24.2 Å². The second-order valence-corrected chi connectivity index (χ2v) is 12.4. The van der Waals surface area contributed by atoms with Crippen molar-refractivity contribution in [3.63, 3.8) is 0 Å². The average molecular weight is 626 g/mol. The van der Waals surface area contributed by atoms with E-state index in [0.29, 0.717) is 25.2 Å². The predicted octanol–water partition coefficient (Wildman–Crippen LogP) is 4.27. The van der Waals surface area contributed by atoms with Crippen LogP contribution in [0.4, 0.5) is 10.5 Å². The molecule has 3 heterocycles. The van der Waals surface area contributed by atoms with E-state index in [0.717, 1.165) is 41.6 Å². The molecule has 1 aliphatic rings. The maximum atomic E-state index is 14.2. The number of fused-ring (bicyclic) bond motifs is 1. The molecule has 1 aliphatic heterocycles. The molecule has 0 saturated carbocycles. The quantitative estimate of drug-likeness (QED) is 0.233. The molecule has 3 amide bonds. The number of para-hydroxylation sites is 2. The number of amides is 3. The Morgan fingerprint density at radius 2 is 1.73 bits per heavy atom. The van der Waals surface area contributed by atoms with Crippen LogP contribution in [0.25, 0.3) is 22.0 Å². The second-order valence-electron chi connectivity index (χ2n) is 10.5. The van der Waals surface area contributed by atoms with E-state index in [-0.39, 0.29) is 17.3 Å². The lowest BCUT2D eigenvalue weighted by Gasteiger charge is -2.42. The molecule has 45 heavy (non-hydrogen) atoms. The van der Waals surface area contributed by atoms with Crippen LogP contribution in [0.1, 0.15) is 12.8 Å². The van der Waals surface area contributed by atoms with Gasteiger partial charge >= 0.3 is 6.03 Å². The molecule has 1 saturated heterocycles. The Bertz CT molecular complexity index is 1830. The first-order valence-corrected chi connectivity index (χ1v) is 16.0. The largest absolute Gasteiger partial charge is 0.368 e. The highest BCUT2D eigenvalue weighted by molar-refractivity contribution is 7.89. The van der Waals surface area contributed by atoms with E-state index in [2.05, 4.69) is 57.0 Å². The van der Waals surface area contributed by atoms with Crippen molar-refractivity contribution in [3.8, 4) is 11.1 Å². The van der Waals surface area contributed by atoms with E-state index >= 15 is 0 Å². The summed E-state index contributed by atoms with van der Waals surface area (Å²) in [5, 5.41) is 2.49. The number of aromatic nitrogens is 3. The SMILES string of the molecule is NC(=O)NC=O.O=S(=O)(c1cccc2cccnc12)N1CCN(c2ccccc2-c2ccccc2)CC1CCCn1ccnc1. The molecule has 12 heteroatoms. The van der Waals surface area contributed by atoms with Gasteiger partial charge in [0.15, 0.2) is 0 Å². The average Bonchev–Trinajstić information content (AvgIpc) is 3.59. The van der Waals surface area contributed by atoms with Crippen LogP contribution in [0.3, 0.4) is 0 Å². The van der Waals surface area contributed by atoms with Gasteiger partial charge < -0.3 is 15.2 Å². The molecule has 1 unspecified atom stereocenters. The number of imidazole rings is 1. The van der Waals surface area contributed by atoms with Crippen LogP contribution in [0.15, 0.2) is 115 Å². The van der Waals surface area contributed by atoms with Gasteiger partial charge in [0.1, 0.15) is 4.90 Å². The van der Waals surface area contributed by atoms with Crippen LogP contribution in [-0.2, 0) is 21.4 Å². The number of rotatable bonds is 9. The highest BCUT2D eigenvalue weighted by atomic mass is 32.2. The molecular weight excluding hydrogens is 590 g/mol. The number of nitrogens with two attached hydrogens (primary N) is 1. The predicted molar refractivity (Wildman–Crippen MR) is 174 cm³/mol. The first kappa shape index (κ1) is 31.4. The summed E-state index contributed by atoms with van der Waals surface area (Å²) in [5.41, 5.74) is 8.39. The third-order valence-corrected chi connectivity index (χ3v) is 9.64. The normalized spacial score (nSPS) is 15.2. The summed E-state index contributed by atoms with van der Waals surface area (Å²) >= 11 is 0. The molecule has 0 bridgehead atoms. The summed E-state index contributed by atoms with van der Waals surface area (Å²) in [7, 11) is -3.76. The molecule has 3 aromatic carbocycles. The number of piperazine rings is 1. The molecular formula is C33H35N7O4S. The Morgan fingerprint density at radius 1 is 0.956 bits per heavy atom. The topological polar surface area (TPSA) is 144 Å². The number of carbonyl (C=O) groups excluding carboxylic acids is 2. The minimum atomic E-state index is -3.76. The Kier molecular flexibility index (Phi) is 10.2. The van der Waals surface area contributed by atoms with E-state index in [1.807, 2.05) is 47.2 Å². The lowest BCUT2D eigenvalue weighted by Crippen LogP contribution is -2.55. The van der Waals surface area contributed by atoms with Gasteiger partial charge in [-0.2, -0.15) is 4.31 Å². The van der Waals surface area contributed by atoms with Gasteiger partial charge in [-0.05, 0) is 36.6 Å². The number of pyridine rings is 1. The number of urea groups is 1. The minimum Gasteiger partial charge on any atom is -0.368 e. The summed E-state index contributed by atoms with van der Waals surface area (Å²) in [5.74, 6) is 0. The first-order chi connectivity index (χ1) is 21.9. The molecule has 1 atom stereocenters. The van der Waals surface area contributed by atoms with Gasteiger partial charge in [-0.15, -0.1) is 0 Å². The number of aryl methyl sites for hydroxylation is 1. The van der Waals surface area contributed by atoms with Crippen LogP contribution in [0.2, 0.25) is 0 Å². The van der Waals surface area contributed by atoms with Gasteiger partial charge in [0, 0.05) is 67.4 Å². The Balaban J connectivity index is 0.000000609. The van der Waals surface area contributed by atoms with Crippen molar-refractivity contribution >= 4 is 39.1 Å². The van der Waals surface area contributed by atoms with Gasteiger partial charge in [0.05, 0.1) is 11.8 Å². The third kappa shape index (κ3) is 7.54. The van der Waals surface area contributed by atoms with Crippen molar-refractivity contribution in [2.45, 2.75) is 30.3 Å². The van der Waals surface area contributed by atoms with Gasteiger partial charge in [0.25, 0.3) is 0 Å². The van der Waals surface area contributed by atoms with Gasteiger partial charge in [0.2, 0.25) is 16.4 Å². The number of anilines is 1. The van der Waals surface area contributed by atoms with Crippen LogP contribution in [0.5, 0.6) is 0 Å². The molecule has 11 nitrogen and oxygen atoms in total. The molecule has 0 aliphatic carbocycles. The van der Waals surface area contributed by atoms with E-state index in [1.54, 1.807) is 40.5 Å². The number of imide groups is 1. The number of nitrogens with zero attached hydrogens (tertiary/aromatic N) is 5. The zero-order valence-corrected chi connectivity index (χ0v) is 25.5. The second kappa shape index (κ2) is 14.6. The zero-order valence-electron chi connectivity index (χ0n) is 24.6. The summed E-state index contributed by atoms with van der Waals surface area (Å²) < 4.78 is 32.1. The first-order valence-electron chi connectivity index (χ1n) is 14.6. The van der Waals surface area contributed by atoms with Crippen molar-refractivity contribution in [1.29, 1.82) is 0 Å². The summed E-state index contributed by atoms with van der Waals surface area (Å²) in [6.07, 6.45) is 8.98. The monoisotopic (exact) mass is 625 g/mol. The molecule has 2 aromatic heterocycles. The van der Waals surface area contributed by atoms with Crippen LogP contribution in [0, 0.1) is 0 Å². The van der Waals surface area contributed by atoms with Gasteiger partial charge in [-0.25, -0.2) is 18.2 Å². The third-order valence-electron chi connectivity index (χ3n) is 7.65. The number of sulfonamides is 1. The van der Waals surface area contributed by atoms with E-state index in [4.69, 9.17) is 0 Å². The summed E-state index contributed by atoms with van der Waals surface area (Å²) in [6.45, 7) is 2.43. The maximum Gasteiger partial charge on any atom is 0.318 e. The van der Waals surface area contributed by atoms with Crippen molar-refractivity contribution in [3.05, 3.63) is 110 Å². The lowest BCUT2D eigenvalue weighted by atomic mass is 10.0. The molecule has 5 aromatic rings. The molecule has 3 N–H and O–H groups in total. The molecule has 1 fully saturated rings. The summed E-state index contributed by atoms with van der Waals surface area (Å²) in [4.78, 5) is 29.9. The zero-order chi connectivity index (χ0) is 31.6. The molecule has 6 rings (SSSR count). The molecule has 0 radical (unpaired) electrons. The van der Waals surface area contributed by atoms with Crippen molar-refractivity contribution in [2.75, 3.05) is 24.5 Å². The number of hydrogen-bond donors (Lipinski definition) is 2. The van der Waals surface area contributed by atoms with Gasteiger partial charge in [-0.3, -0.25) is 15.1 Å². The van der Waals surface area contributed by atoms with Crippen LogP contribution < -0.4 is 16.0 Å². The fourth-order valence-corrected chi connectivity index (χ4v) is 7.42. The fourth-order valence-electron chi connectivity index (χ4n) is 5.62. The fraction of sp³-hybridized carbons (Fsp3) is 0.212. The highest BCUT2D eigenvalue weighted by Gasteiger charge is 2.37. The number of primary amides is 1. The number of hydrogen-bond acceptors (Lipinski definition) is 7. The highest BCUT2D eigenvalue weighted by Crippen LogP contribution is 2.34. The minimum absolute atomic E-state index is 0.185. The number of nitrogens with one attached hydrogen (secondary N) is 1. The van der Waals surface area contributed by atoms with E-state index in [1.165, 1.54) is 0 Å². The maximum absolute atomic E-state index is 14.2. The van der Waals surface area contributed by atoms with Gasteiger partial charge in [-0.1, -0.05) is 66.7 Å². The van der Waals surface area contributed by atoms with Crippen LogP contribution >= 0.6 is 0 Å². The lowest BCUT2D eigenvalue weighted by molar-refractivity contribution is -0.108. The number of carbonyl (C=O) groups is 2. The van der Waals surface area contributed by atoms with Crippen LogP contribution in [-0.4, -0.2) is 65.4 Å². The van der Waals surface area contributed by atoms with E-state index in [9.17, 15) is 18.0 Å². The summed E-state index contributed by atoms with van der Waals surface area (Å²) in [6, 6.07) is 26.9. The Hall–Kier alpha value is -5.07. The molecule has 232 valence electrons. The molecule has 0 spiro atoms. The smallest absolute Gasteiger partial charge is 0.318 e.